The number of carbonyl (C=O) groups is 2. The van der Waals surface area contributed by atoms with Crippen molar-refractivity contribution in [2.75, 3.05) is 12.1 Å². The topological polar surface area (TPSA) is 58.6 Å². The van der Waals surface area contributed by atoms with E-state index in [0.717, 1.165) is 17.1 Å². The summed E-state index contributed by atoms with van der Waals surface area (Å²) in [5.74, 6) is -0.812. The number of methoxy groups -OCH3 is 1. The molecular weight excluding hydrogens is 349 g/mol. The summed E-state index contributed by atoms with van der Waals surface area (Å²) in [4.78, 5) is 24.6. The van der Waals surface area contributed by atoms with Crippen LogP contribution in [0.5, 0.6) is 5.75 Å². The smallest absolute Gasteiger partial charge is 0.416 e. The molecule has 0 aliphatic carbocycles. The van der Waals surface area contributed by atoms with Gasteiger partial charge >= 0.3 is 6.18 Å². The zero-order chi connectivity index (χ0) is 18.9. The van der Waals surface area contributed by atoms with E-state index < -0.39 is 23.6 Å². The second-order valence-electron chi connectivity index (χ2n) is 5.46. The number of nitrogens with one attached hydrogen (secondary N) is 1. The molecule has 2 aromatic carbocycles. The highest BCUT2D eigenvalue weighted by atomic mass is 19.4. The summed E-state index contributed by atoms with van der Waals surface area (Å²) in [7, 11) is 1.51. The Morgan fingerprint density at radius 3 is 2.38 bits per heavy atom. The van der Waals surface area contributed by atoms with Gasteiger partial charge in [-0.15, -0.1) is 0 Å². The number of nitrogens with zero attached hydrogens (tertiary/aromatic N) is 1. The van der Waals surface area contributed by atoms with E-state index in [1.807, 2.05) is 0 Å². The van der Waals surface area contributed by atoms with E-state index in [2.05, 4.69) is 5.43 Å². The summed E-state index contributed by atoms with van der Waals surface area (Å²) < 4.78 is 43.6. The molecule has 0 unspecified atom stereocenters. The van der Waals surface area contributed by atoms with Crippen LogP contribution in [0.2, 0.25) is 0 Å². The maximum atomic E-state index is 12.8. The van der Waals surface area contributed by atoms with Gasteiger partial charge < -0.3 is 4.74 Å². The van der Waals surface area contributed by atoms with Crippen LogP contribution in [-0.2, 0) is 15.8 Å². The van der Waals surface area contributed by atoms with Crippen LogP contribution in [0.1, 0.15) is 11.1 Å². The van der Waals surface area contributed by atoms with Crippen molar-refractivity contribution >= 4 is 23.6 Å². The Hall–Kier alpha value is -3.29. The number of alkyl halides is 3. The molecular formula is C18H13F3N2O3. The molecule has 1 aliphatic rings. The number of ether oxygens (including phenoxy) is 1. The van der Waals surface area contributed by atoms with Crippen molar-refractivity contribution in [3.05, 3.63) is 65.2 Å². The lowest BCUT2D eigenvalue weighted by atomic mass is 10.1. The third-order valence-corrected chi connectivity index (χ3v) is 3.75. The second-order valence-corrected chi connectivity index (χ2v) is 5.46. The summed E-state index contributed by atoms with van der Waals surface area (Å²) in [6, 6.07) is 10.8. The van der Waals surface area contributed by atoms with Crippen LogP contribution in [0, 0.1) is 0 Å². The fourth-order valence-electron chi connectivity index (χ4n) is 2.43. The minimum Gasteiger partial charge on any atom is -0.497 e. The predicted octanol–water partition coefficient (Wildman–Crippen LogP) is 3.18. The number of anilines is 1. The summed E-state index contributed by atoms with van der Waals surface area (Å²) in [6.07, 6.45) is -3.19. The Bertz CT molecular complexity index is 889. The van der Waals surface area contributed by atoms with E-state index in [1.165, 1.54) is 25.3 Å². The van der Waals surface area contributed by atoms with Crippen LogP contribution in [-0.4, -0.2) is 18.9 Å². The van der Waals surface area contributed by atoms with E-state index in [4.69, 9.17) is 4.74 Å². The molecule has 134 valence electrons. The second kappa shape index (κ2) is 6.55. The van der Waals surface area contributed by atoms with Gasteiger partial charge in [-0.25, -0.2) is 5.01 Å². The average molecular weight is 362 g/mol. The number of rotatable bonds is 3. The summed E-state index contributed by atoms with van der Waals surface area (Å²) in [5, 5.41) is 0.799. The van der Waals surface area contributed by atoms with Crippen LogP contribution in [0.4, 0.5) is 18.9 Å². The van der Waals surface area contributed by atoms with Gasteiger partial charge in [0, 0.05) is 0 Å². The van der Waals surface area contributed by atoms with Gasteiger partial charge in [-0.1, -0.05) is 18.2 Å². The molecule has 5 nitrogen and oxygen atoms in total. The van der Waals surface area contributed by atoms with Gasteiger partial charge in [0.05, 0.1) is 18.4 Å². The fourth-order valence-corrected chi connectivity index (χ4v) is 2.43. The number of hydrazine groups is 1. The first-order chi connectivity index (χ1) is 12.3. The normalized spacial score (nSPS) is 16.2. The quantitative estimate of drug-likeness (QED) is 0.674. The molecule has 26 heavy (non-hydrogen) atoms. The van der Waals surface area contributed by atoms with Crippen LogP contribution >= 0.6 is 0 Å². The summed E-state index contributed by atoms with van der Waals surface area (Å²) in [6.45, 7) is 0. The lowest BCUT2D eigenvalue weighted by Gasteiger charge is -2.16. The highest BCUT2D eigenvalue weighted by Gasteiger charge is 2.36. The molecule has 0 aromatic heterocycles. The number of benzene rings is 2. The minimum atomic E-state index is -4.55. The first kappa shape index (κ1) is 17.5. The standard InChI is InChI=1S/C18H13F3N2O3/c1-26-14-7-5-11(6-8-14)9-15-16(24)22-23(17(15)25)13-4-2-3-12(10-13)18(19,20)21/h2-10H,1H3,(H,22,24)/b15-9+. The van der Waals surface area contributed by atoms with Gasteiger partial charge in [0.2, 0.25) is 0 Å². The Morgan fingerprint density at radius 1 is 1.08 bits per heavy atom. The molecule has 3 rings (SSSR count). The van der Waals surface area contributed by atoms with Gasteiger partial charge in [-0.3, -0.25) is 15.0 Å². The van der Waals surface area contributed by atoms with Crippen molar-refractivity contribution in [2.24, 2.45) is 0 Å². The molecule has 0 atom stereocenters. The molecule has 1 aliphatic heterocycles. The molecule has 0 saturated carbocycles. The van der Waals surface area contributed by atoms with Gasteiger partial charge in [0.15, 0.2) is 0 Å². The van der Waals surface area contributed by atoms with Crippen LogP contribution < -0.4 is 15.2 Å². The van der Waals surface area contributed by atoms with Gasteiger partial charge in [0.1, 0.15) is 11.3 Å². The summed E-state index contributed by atoms with van der Waals surface area (Å²) >= 11 is 0. The fraction of sp³-hybridized carbons (Fsp3) is 0.111. The maximum absolute atomic E-state index is 12.8. The number of carbonyl (C=O) groups excluding carboxylic acids is 2. The number of amides is 2. The van der Waals surface area contributed by atoms with E-state index in [0.29, 0.717) is 11.3 Å². The molecule has 2 amide bonds. The van der Waals surface area contributed by atoms with E-state index >= 15 is 0 Å². The first-order valence-electron chi connectivity index (χ1n) is 7.48. The Kier molecular flexibility index (Phi) is 4.41. The molecule has 0 bridgehead atoms. The summed E-state index contributed by atoms with van der Waals surface area (Å²) in [5.41, 5.74) is 1.70. The molecule has 0 spiro atoms. The number of hydrogen-bond donors (Lipinski definition) is 1. The van der Waals surface area contributed by atoms with Crippen molar-refractivity contribution in [3.8, 4) is 5.75 Å². The van der Waals surface area contributed by atoms with Crippen LogP contribution in [0.3, 0.4) is 0 Å². The highest BCUT2D eigenvalue weighted by molar-refractivity contribution is 6.31. The zero-order valence-corrected chi connectivity index (χ0v) is 13.5. The van der Waals surface area contributed by atoms with E-state index in [9.17, 15) is 22.8 Å². The van der Waals surface area contributed by atoms with Crippen molar-refractivity contribution in [2.45, 2.75) is 6.18 Å². The van der Waals surface area contributed by atoms with Crippen molar-refractivity contribution in [1.82, 2.24) is 5.43 Å². The molecule has 1 N–H and O–H groups in total. The first-order valence-corrected chi connectivity index (χ1v) is 7.48. The largest absolute Gasteiger partial charge is 0.497 e. The third kappa shape index (κ3) is 3.39. The van der Waals surface area contributed by atoms with Gasteiger partial charge in [-0.05, 0) is 42.0 Å². The Morgan fingerprint density at radius 2 is 1.77 bits per heavy atom. The maximum Gasteiger partial charge on any atom is 0.416 e. The van der Waals surface area contributed by atoms with Crippen molar-refractivity contribution < 1.29 is 27.5 Å². The molecule has 1 heterocycles. The van der Waals surface area contributed by atoms with Gasteiger partial charge in [-0.2, -0.15) is 13.2 Å². The average Bonchev–Trinajstić information content (AvgIpc) is 2.90. The Labute approximate surface area is 146 Å². The monoisotopic (exact) mass is 362 g/mol. The molecule has 0 radical (unpaired) electrons. The number of halogens is 3. The van der Waals surface area contributed by atoms with Crippen LogP contribution in [0.25, 0.3) is 6.08 Å². The van der Waals surface area contributed by atoms with Gasteiger partial charge in [0.25, 0.3) is 11.8 Å². The lowest BCUT2D eigenvalue weighted by molar-refractivity contribution is -0.137. The highest BCUT2D eigenvalue weighted by Crippen LogP contribution is 2.32. The zero-order valence-electron chi connectivity index (χ0n) is 13.5. The molecule has 1 saturated heterocycles. The third-order valence-electron chi connectivity index (χ3n) is 3.75. The van der Waals surface area contributed by atoms with Crippen LogP contribution in [0.15, 0.2) is 54.1 Å². The van der Waals surface area contributed by atoms with Crippen molar-refractivity contribution in [3.63, 3.8) is 0 Å². The van der Waals surface area contributed by atoms with E-state index in [1.54, 1.807) is 24.3 Å². The molecule has 1 fully saturated rings. The molecule has 8 heteroatoms. The van der Waals surface area contributed by atoms with Crippen molar-refractivity contribution in [1.29, 1.82) is 0 Å². The predicted molar refractivity (Wildman–Crippen MR) is 88.0 cm³/mol. The lowest BCUT2D eigenvalue weighted by Crippen LogP contribution is -2.35. The SMILES string of the molecule is COc1ccc(/C=C2\C(=O)NN(c3cccc(C(F)(F)F)c3)C2=O)cc1. The minimum absolute atomic E-state index is 0.0729. The van der Waals surface area contributed by atoms with E-state index in [-0.39, 0.29) is 11.3 Å². The Balaban J connectivity index is 1.90. The molecule has 2 aromatic rings. The number of hydrogen-bond acceptors (Lipinski definition) is 3.